The molecule has 0 spiro atoms. The fraction of sp³-hybridized carbons (Fsp3) is 0.786. The van der Waals surface area contributed by atoms with Crippen LogP contribution in [0.3, 0.4) is 0 Å². The monoisotopic (exact) mass is 430 g/mol. The van der Waals surface area contributed by atoms with Gasteiger partial charge in [0.05, 0.1) is 17.8 Å². The summed E-state index contributed by atoms with van der Waals surface area (Å²) in [6.07, 6.45) is 13.4. The fourth-order valence-electron chi connectivity index (χ4n) is 6.91. The summed E-state index contributed by atoms with van der Waals surface area (Å²) in [5.41, 5.74) is 3.15. The maximum atomic E-state index is 10.4. The lowest BCUT2D eigenvalue weighted by atomic mass is 9.60. The molecule has 3 heteroatoms. The topological polar surface area (TPSA) is 60.7 Å². The average Bonchev–Trinajstić information content (AvgIpc) is 3.04. The van der Waals surface area contributed by atoms with Crippen molar-refractivity contribution in [2.24, 2.45) is 29.1 Å². The number of hydrogen-bond donors (Lipinski definition) is 3. The fourth-order valence-corrected chi connectivity index (χ4v) is 6.91. The van der Waals surface area contributed by atoms with E-state index in [1.165, 1.54) is 32.1 Å². The molecule has 176 valence electrons. The maximum Gasteiger partial charge on any atom is 0.0837 e. The molecule has 0 aromatic rings. The van der Waals surface area contributed by atoms with Gasteiger partial charge in [-0.25, -0.2) is 0 Å². The zero-order chi connectivity index (χ0) is 23.0. The Hall–Kier alpha value is -0.900. The Kier molecular flexibility index (Phi) is 7.61. The number of allylic oxidation sites excluding steroid dienone is 3. The van der Waals surface area contributed by atoms with Crippen LogP contribution in [0.5, 0.6) is 0 Å². The van der Waals surface area contributed by atoms with Gasteiger partial charge in [-0.2, -0.15) is 0 Å². The predicted molar refractivity (Wildman–Crippen MR) is 129 cm³/mol. The maximum absolute atomic E-state index is 10.4. The second kappa shape index (κ2) is 9.53. The first-order chi connectivity index (χ1) is 14.4. The lowest BCUT2D eigenvalue weighted by molar-refractivity contribution is 0.0283. The van der Waals surface area contributed by atoms with Gasteiger partial charge in [-0.1, -0.05) is 57.9 Å². The van der Waals surface area contributed by atoms with Gasteiger partial charge < -0.3 is 15.3 Å². The van der Waals surface area contributed by atoms with Crippen molar-refractivity contribution >= 4 is 0 Å². The zero-order valence-corrected chi connectivity index (χ0v) is 20.5. The van der Waals surface area contributed by atoms with Crippen LogP contribution in [0.4, 0.5) is 0 Å². The summed E-state index contributed by atoms with van der Waals surface area (Å²) in [6.45, 7) is 14.8. The highest BCUT2D eigenvalue weighted by molar-refractivity contribution is 5.39. The van der Waals surface area contributed by atoms with Crippen LogP contribution in [0.1, 0.15) is 92.4 Å². The van der Waals surface area contributed by atoms with Gasteiger partial charge in [0.15, 0.2) is 0 Å². The highest BCUT2D eigenvalue weighted by Crippen LogP contribution is 2.60. The van der Waals surface area contributed by atoms with E-state index < -0.39 is 17.8 Å². The molecule has 0 aromatic heterocycles. The van der Waals surface area contributed by atoms with E-state index in [-0.39, 0.29) is 5.92 Å². The smallest absolute Gasteiger partial charge is 0.0837 e. The van der Waals surface area contributed by atoms with Crippen LogP contribution in [-0.4, -0.2) is 33.1 Å². The van der Waals surface area contributed by atoms with E-state index in [0.717, 1.165) is 36.3 Å². The second-order valence-electron chi connectivity index (χ2n) is 11.8. The minimum Gasteiger partial charge on any atom is -0.392 e. The Labute approximate surface area is 190 Å². The first-order valence-corrected chi connectivity index (χ1v) is 12.6. The van der Waals surface area contributed by atoms with Gasteiger partial charge in [-0.3, -0.25) is 0 Å². The molecule has 0 unspecified atom stereocenters. The van der Waals surface area contributed by atoms with Gasteiger partial charge in [0.25, 0.3) is 0 Å². The summed E-state index contributed by atoms with van der Waals surface area (Å²) in [6, 6.07) is 0. The molecule has 0 saturated heterocycles. The molecule has 3 aliphatic rings. The summed E-state index contributed by atoms with van der Waals surface area (Å²) >= 11 is 0. The number of rotatable bonds is 6. The van der Waals surface area contributed by atoms with E-state index in [1.54, 1.807) is 5.57 Å². The van der Waals surface area contributed by atoms with E-state index in [9.17, 15) is 15.3 Å². The van der Waals surface area contributed by atoms with Crippen LogP contribution in [-0.2, 0) is 0 Å². The number of hydrogen-bond acceptors (Lipinski definition) is 3. The van der Waals surface area contributed by atoms with Crippen LogP contribution in [0.25, 0.3) is 0 Å². The van der Waals surface area contributed by atoms with Crippen molar-refractivity contribution in [2.75, 3.05) is 0 Å². The molecule has 3 fully saturated rings. The molecule has 0 bridgehead atoms. The van der Waals surface area contributed by atoms with Crippen molar-refractivity contribution in [3.8, 4) is 0 Å². The van der Waals surface area contributed by atoms with Crippen molar-refractivity contribution in [2.45, 2.75) is 110 Å². The SMILES string of the molecule is C=C1C(=CC=C2CCC[C@]3(C)[C@@H]([C@H](C)CCCC(C)(C)O)CC[C@@H]23)C[C@@H](O)[C@@H](C)[C@@H]1O. The van der Waals surface area contributed by atoms with Gasteiger partial charge >= 0.3 is 0 Å². The molecule has 0 aromatic carbocycles. The van der Waals surface area contributed by atoms with Gasteiger partial charge in [0, 0.05) is 5.92 Å². The van der Waals surface area contributed by atoms with Crippen LogP contribution in [0.2, 0.25) is 0 Å². The lowest BCUT2D eigenvalue weighted by Crippen LogP contribution is -2.36. The third-order valence-electron chi connectivity index (χ3n) is 8.97. The standard InChI is InChI=1S/C28H46O3/c1-18(9-7-15-27(4,5)31)23-13-14-24-21(10-8-16-28(23,24)6)11-12-22-17-25(29)20(3)26(30)19(22)2/h11-12,18,20,23-26,29-31H,2,7-10,13-17H2,1,3-6H3/t18-,20-,23-,24+,25-,26-,28-/m1/s1. The molecular weight excluding hydrogens is 384 g/mol. The van der Waals surface area contributed by atoms with Gasteiger partial charge in [0.1, 0.15) is 0 Å². The summed E-state index contributed by atoms with van der Waals surface area (Å²) in [4.78, 5) is 0. The van der Waals surface area contributed by atoms with E-state index in [4.69, 9.17) is 0 Å². The molecule has 3 saturated carbocycles. The average molecular weight is 431 g/mol. The first-order valence-electron chi connectivity index (χ1n) is 12.6. The molecule has 3 aliphatic carbocycles. The Morgan fingerprint density at radius 2 is 1.94 bits per heavy atom. The van der Waals surface area contributed by atoms with Crippen molar-refractivity contribution in [1.82, 2.24) is 0 Å². The van der Waals surface area contributed by atoms with Crippen LogP contribution in [0, 0.1) is 29.1 Å². The minimum absolute atomic E-state index is 0.149. The Balaban J connectivity index is 1.71. The molecule has 0 amide bonds. The van der Waals surface area contributed by atoms with E-state index in [2.05, 4.69) is 32.6 Å². The number of fused-ring (bicyclic) bond motifs is 1. The molecular formula is C28H46O3. The third-order valence-corrected chi connectivity index (χ3v) is 8.97. The minimum atomic E-state index is -0.648. The summed E-state index contributed by atoms with van der Waals surface area (Å²) in [5, 5.41) is 30.7. The first kappa shape index (κ1) is 24.7. The van der Waals surface area contributed by atoms with Gasteiger partial charge in [0.2, 0.25) is 0 Å². The molecule has 0 aliphatic heterocycles. The molecule has 3 N–H and O–H groups in total. The van der Waals surface area contributed by atoms with Crippen LogP contribution < -0.4 is 0 Å². The molecule has 3 rings (SSSR count). The van der Waals surface area contributed by atoms with Crippen molar-refractivity contribution in [3.05, 3.63) is 35.5 Å². The normalized spacial score (nSPS) is 40.4. The number of aliphatic hydroxyl groups excluding tert-OH is 2. The largest absolute Gasteiger partial charge is 0.392 e. The summed E-state index contributed by atoms with van der Waals surface area (Å²) in [5.74, 6) is 1.94. The van der Waals surface area contributed by atoms with Crippen molar-refractivity contribution in [1.29, 1.82) is 0 Å². The third kappa shape index (κ3) is 5.37. The highest BCUT2D eigenvalue weighted by Gasteiger charge is 2.50. The Bertz CT molecular complexity index is 712. The lowest BCUT2D eigenvalue weighted by Gasteiger charge is -2.44. The van der Waals surface area contributed by atoms with E-state index in [0.29, 0.717) is 23.7 Å². The van der Waals surface area contributed by atoms with Crippen molar-refractivity contribution < 1.29 is 15.3 Å². The molecule has 0 radical (unpaired) electrons. The van der Waals surface area contributed by atoms with Crippen LogP contribution >= 0.6 is 0 Å². The van der Waals surface area contributed by atoms with Gasteiger partial charge in [-0.05, 0) is 93.1 Å². The van der Waals surface area contributed by atoms with E-state index in [1.807, 2.05) is 20.8 Å². The quantitative estimate of drug-likeness (QED) is 0.488. The van der Waals surface area contributed by atoms with Gasteiger partial charge in [-0.15, -0.1) is 0 Å². The highest BCUT2D eigenvalue weighted by atomic mass is 16.3. The molecule has 3 nitrogen and oxygen atoms in total. The predicted octanol–water partition coefficient (Wildman–Crippen LogP) is 5.95. The summed E-state index contributed by atoms with van der Waals surface area (Å²) in [7, 11) is 0. The molecule has 31 heavy (non-hydrogen) atoms. The Morgan fingerprint density at radius 3 is 2.61 bits per heavy atom. The van der Waals surface area contributed by atoms with Crippen molar-refractivity contribution in [3.63, 3.8) is 0 Å². The second-order valence-corrected chi connectivity index (χ2v) is 11.8. The van der Waals surface area contributed by atoms with Crippen LogP contribution in [0.15, 0.2) is 35.5 Å². The Morgan fingerprint density at radius 1 is 1.23 bits per heavy atom. The zero-order valence-electron chi connectivity index (χ0n) is 20.5. The summed E-state index contributed by atoms with van der Waals surface area (Å²) < 4.78 is 0. The molecule has 0 heterocycles. The molecule has 7 atom stereocenters. The number of aliphatic hydroxyl groups is 3. The van der Waals surface area contributed by atoms with E-state index >= 15 is 0 Å².